The van der Waals surface area contributed by atoms with Crippen LogP contribution in [0, 0.1) is 0 Å². The molecule has 0 radical (unpaired) electrons. The zero-order valence-electron chi connectivity index (χ0n) is 12.9. The van der Waals surface area contributed by atoms with Crippen molar-refractivity contribution in [3.8, 4) is 6.01 Å². The normalized spacial score (nSPS) is 26.1. The van der Waals surface area contributed by atoms with Crippen LogP contribution in [0.4, 0.5) is 0 Å². The Hall–Kier alpha value is -2.75. The molecule has 132 valence electrons. The van der Waals surface area contributed by atoms with Crippen LogP contribution in [-0.2, 0) is 9.47 Å². The number of aromatic nitrogens is 2. The highest BCUT2D eigenvalue weighted by atomic mass is 16.6. The largest absolute Gasteiger partial charge is 0.459 e. The van der Waals surface area contributed by atoms with Gasteiger partial charge in [0, 0.05) is 12.3 Å². The Morgan fingerprint density at radius 1 is 1.28 bits per heavy atom. The Labute approximate surface area is 141 Å². The van der Waals surface area contributed by atoms with E-state index in [4.69, 9.17) is 14.2 Å². The molecule has 0 aliphatic carbocycles. The Balaban J connectivity index is 0.00000182. The first-order valence-electron chi connectivity index (χ1n) is 7.45. The van der Waals surface area contributed by atoms with Gasteiger partial charge in [0.2, 0.25) is 0 Å². The number of carbonyl (C=O) groups excluding carboxylic acids is 1. The molecule has 2 aromatic rings. The number of carbonyl (C=O) groups is 1. The number of hydrogen-bond acceptors (Lipinski definition) is 7. The van der Waals surface area contributed by atoms with Gasteiger partial charge in [-0.25, -0.2) is 4.79 Å². The fraction of sp³-hybridized carbons (Fsp3) is 0.312. The summed E-state index contributed by atoms with van der Waals surface area (Å²) in [7, 11) is 0. The summed E-state index contributed by atoms with van der Waals surface area (Å²) in [5.74, 6) is -0.491. The van der Waals surface area contributed by atoms with Crippen molar-refractivity contribution < 1.29 is 29.6 Å². The summed E-state index contributed by atoms with van der Waals surface area (Å²) >= 11 is 0. The van der Waals surface area contributed by atoms with Gasteiger partial charge in [0.05, 0.1) is 5.56 Å². The third-order valence-corrected chi connectivity index (χ3v) is 4.02. The molecule has 4 rings (SSSR count). The lowest BCUT2D eigenvalue weighted by molar-refractivity contribution is -0.0512. The zero-order valence-corrected chi connectivity index (χ0v) is 12.9. The number of hydrogen-bond donors (Lipinski definition) is 1. The van der Waals surface area contributed by atoms with Crippen molar-refractivity contribution in [2.45, 2.75) is 24.5 Å². The number of esters is 1. The quantitative estimate of drug-likeness (QED) is 0.725. The van der Waals surface area contributed by atoms with Gasteiger partial charge in [-0.2, -0.15) is 4.98 Å². The van der Waals surface area contributed by atoms with Crippen molar-refractivity contribution in [2.75, 3.05) is 6.61 Å². The summed E-state index contributed by atoms with van der Waals surface area (Å²) in [5, 5.41) is 10.3. The van der Waals surface area contributed by atoms with E-state index >= 15 is 0 Å². The van der Waals surface area contributed by atoms with Crippen molar-refractivity contribution in [3.63, 3.8) is 0 Å². The first kappa shape index (κ1) is 17.1. The predicted molar refractivity (Wildman–Crippen MR) is 83.2 cm³/mol. The van der Waals surface area contributed by atoms with Gasteiger partial charge in [-0.05, 0) is 12.1 Å². The van der Waals surface area contributed by atoms with Crippen LogP contribution < -0.4 is 10.3 Å². The van der Waals surface area contributed by atoms with Crippen molar-refractivity contribution in [1.82, 2.24) is 9.55 Å². The summed E-state index contributed by atoms with van der Waals surface area (Å²) < 4.78 is 17.9. The number of aliphatic hydroxyl groups is 1. The lowest BCUT2D eigenvalue weighted by atomic mass is 10.1. The minimum absolute atomic E-state index is 0. The molecular formula is C16H16N2O7. The van der Waals surface area contributed by atoms with Gasteiger partial charge in [0.1, 0.15) is 18.8 Å². The Morgan fingerprint density at radius 2 is 2.04 bits per heavy atom. The molecule has 0 spiro atoms. The monoisotopic (exact) mass is 348 g/mol. The highest BCUT2D eigenvalue weighted by molar-refractivity contribution is 5.89. The van der Waals surface area contributed by atoms with Gasteiger partial charge in [0.25, 0.3) is 5.56 Å². The van der Waals surface area contributed by atoms with Crippen LogP contribution in [0.1, 0.15) is 16.6 Å². The summed E-state index contributed by atoms with van der Waals surface area (Å²) in [6.45, 7) is -0.103. The molecule has 3 N–H and O–H groups in total. The number of ether oxygens (including phenoxy) is 3. The average Bonchev–Trinajstić information content (AvgIpc) is 3.09. The van der Waals surface area contributed by atoms with Crippen LogP contribution in [-0.4, -0.2) is 51.0 Å². The second kappa shape index (κ2) is 6.63. The molecule has 0 saturated carbocycles. The van der Waals surface area contributed by atoms with Crippen molar-refractivity contribution in [2.24, 2.45) is 0 Å². The maximum absolute atomic E-state index is 11.9. The first-order valence-corrected chi connectivity index (χ1v) is 7.45. The molecule has 4 atom stereocenters. The van der Waals surface area contributed by atoms with E-state index in [-0.39, 0.29) is 18.1 Å². The SMILES string of the molecule is O.O=C(OCC1OC2C(Oc3nc(=O)ccn32)C1O)c1ccccc1. The van der Waals surface area contributed by atoms with Crippen LogP contribution in [0.15, 0.2) is 47.4 Å². The molecule has 25 heavy (non-hydrogen) atoms. The van der Waals surface area contributed by atoms with Gasteiger partial charge in [-0.1, -0.05) is 18.2 Å². The van der Waals surface area contributed by atoms with Crippen molar-refractivity contribution in [1.29, 1.82) is 0 Å². The van der Waals surface area contributed by atoms with Crippen molar-refractivity contribution >= 4 is 5.97 Å². The van der Waals surface area contributed by atoms with E-state index < -0.39 is 36.1 Å². The predicted octanol–water partition coefficient (Wildman–Crippen LogP) is -0.705. The van der Waals surface area contributed by atoms with Crippen LogP contribution in [0.25, 0.3) is 0 Å². The lowest BCUT2D eigenvalue weighted by Gasteiger charge is -2.17. The van der Waals surface area contributed by atoms with Gasteiger partial charge >= 0.3 is 12.0 Å². The van der Waals surface area contributed by atoms with Gasteiger partial charge in [0.15, 0.2) is 12.3 Å². The molecule has 1 aromatic carbocycles. The Morgan fingerprint density at radius 3 is 2.80 bits per heavy atom. The summed E-state index contributed by atoms with van der Waals surface area (Å²) in [6, 6.07) is 9.95. The Bertz CT molecular complexity index is 823. The maximum atomic E-state index is 11.9. The van der Waals surface area contributed by atoms with E-state index in [1.54, 1.807) is 30.3 Å². The molecule has 4 unspecified atom stereocenters. The van der Waals surface area contributed by atoms with E-state index in [1.165, 1.54) is 16.8 Å². The standard InChI is InChI=1S/C16H14N2O6.H2O/c19-11-6-7-18-14-13(24-16(18)17-11)12(20)10(23-14)8-22-15(21)9-4-2-1-3-5-9;/h1-7,10,12-14,20H,8H2;1H2. The molecule has 1 saturated heterocycles. The second-order valence-electron chi connectivity index (χ2n) is 5.56. The van der Waals surface area contributed by atoms with Crippen molar-refractivity contribution in [3.05, 3.63) is 58.5 Å². The number of benzene rings is 1. The molecule has 1 aromatic heterocycles. The van der Waals surface area contributed by atoms with Crippen LogP contribution in [0.5, 0.6) is 6.01 Å². The van der Waals surface area contributed by atoms with E-state index in [2.05, 4.69) is 4.98 Å². The molecule has 1 fully saturated rings. The molecule has 2 aliphatic rings. The van der Waals surface area contributed by atoms with E-state index in [0.29, 0.717) is 5.56 Å². The molecule has 9 heteroatoms. The van der Waals surface area contributed by atoms with Gasteiger partial charge < -0.3 is 24.8 Å². The fourth-order valence-corrected chi connectivity index (χ4v) is 2.82. The number of aliphatic hydroxyl groups excluding tert-OH is 1. The number of nitrogens with zero attached hydrogens (tertiary/aromatic N) is 2. The highest BCUT2D eigenvalue weighted by Gasteiger charge is 2.51. The van der Waals surface area contributed by atoms with E-state index in [0.717, 1.165) is 0 Å². The van der Waals surface area contributed by atoms with E-state index in [1.807, 2.05) is 0 Å². The molecule has 0 bridgehead atoms. The summed E-state index contributed by atoms with van der Waals surface area (Å²) in [5.41, 5.74) is -0.00242. The van der Waals surface area contributed by atoms with Gasteiger partial charge in [-0.3, -0.25) is 9.36 Å². The Kier molecular flexibility index (Phi) is 4.53. The van der Waals surface area contributed by atoms with Gasteiger partial charge in [-0.15, -0.1) is 0 Å². The van der Waals surface area contributed by atoms with E-state index in [9.17, 15) is 14.7 Å². The third-order valence-electron chi connectivity index (χ3n) is 4.02. The fourth-order valence-electron chi connectivity index (χ4n) is 2.82. The first-order chi connectivity index (χ1) is 11.6. The molecule has 9 nitrogen and oxygen atoms in total. The average molecular weight is 348 g/mol. The minimum Gasteiger partial charge on any atom is -0.459 e. The zero-order chi connectivity index (χ0) is 16.7. The molecule has 0 amide bonds. The molecule has 2 aliphatic heterocycles. The van der Waals surface area contributed by atoms with Crippen LogP contribution >= 0.6 is 0 Å². The summed E-state index contributed by atoms with van der Waals surface area (Å²) in [6.07, 6.45) is -1.53. The topological polar surface area (TPSA) is 131 Å². The molecule has 3 heterocycles. The highest BCUT2D eigenvalue weighted by Crippen LogP contribution is 2.38. The number of rotatable bonds is 3. The molecular weight excluding hydrogens is 332 g/mol. The smallest absolute Gasteiger partial charge is 0.338 e. The maximum Gasteiger partial charge on any atom is 0.338 e. The summed E-state index contributed by atoms with van der Waals surface area (Å²) in [4.78, 5) is 26.9. The third kappa shape index (κ3) is 3.00. The number of fused-ring (bicyclic) bond motifs is 3. The van der Waals surface area contributed by atoms with Crippen LogP contribution in [0.3, 0.4) is 0 Å². The lowest BCUT2D eigenvalue weighted by Crippen LogP contribution is -2.36. The minimum atomic E-state index is -1.00. The second-order valence-corrected chi connectivity index (χ2v) is 5.56. The van der Waals surface area contributed by atoms with Crippen LogP contribution in [0.2, 0.25) is 0 Å².